The van der Waals surface area contributed by atoms with E-state index in [1.807, 2.05) is 25.1 Å². The molecule has 4 nitrogen and oxygen atoms in total. The van der Waals surface area contributed by atoms with E-state index >= 15 is 0 Å². The van der Waals surface area contributed by atoms with Crippen LogP contribution in [-0.2, 0) is 0 Å². The van der Waals surface area contributed by atoms with Crippen LogP contribution in [0.5, 0.6) is 0 Å². The van der Waals surface area contributed by atoms with Crippen LogP contribution in [0.3, 0.4) is 0 Å². The standard InChI is InChI=1S/C18H23N3O/c1-13-6-5-9-15(10-13)17-16(12-20-21-17)18(22)19-11-14-7-3-2-4-8-14/h5-6,9-10,12,14H,2-4,7-8,11H2,1H3,(H,19,22)(H,20,21). The second kappa shape index (κ2) is 6.77. The van der Waals surface area contributed by atoms with E-state index in [4.69, 9.17) is 0 Å². The minimum Gasteiger partial charge on any atom is -0.352 e. The third-order valence-corrected chi connectivity index (χ3v) is 4.47. The molecular formula is C18H23N3O. The Balaban J connectivity index is 1.69. The molecule has 1 aliphatic carbocycles. The third kappa shape index (κ3) is 3.38. The highest BCUT2D eigenvalue weighted by Crippen LogP contribution is 2.24. The lowest BCUT2D eigenvalue weighted by Crippen LogP contribution is -2.30. The molecule has 0 saturated heterocycles. The zero-order valence-corrected chi connectivity index (χ0v) is 13.1. The number of carbonyl (C=O) groups is 1. The molecule has 0 radical (unpaired) electrons. The largest absolute Gasteiger partial charge is 0.352 e. The molecule has 2 N–H and O–H groups in total. The number of rotatable bonds is 4. The smallest absolute Gasteiger partial charge is 0.255 e. The number of aryl methyl sites for hydroxylation is 1. The fraction of sp³-hybridized carbons (Fsp3) is 0.444. The van der Waals surface area contributed by atoms with Gasteiger partial charge in [0, 0.05) is 12.1 Å². The summed E-state index contributed by atoms with van der Waals surface area (Å²) >= 11 is 0. The van der Waals surface area contributed by atoms with E-state index in [-0.39, 0.29) is 5.91 Å². The first-order valence-corrected chi connectivity index (χ1v) is 8.12. The second-order valence-corrected chi connectivity index (χ2v) is 6.24. The van der Waals surface area contributed by atoms with Crippen molar-refractivity contribution in [3.8, 4) is 11.3 Å². The van der Waals surface area contributed by atoms with Gasteiger partial charge in [0.2, 0.25) is 0 Å². The number of amides is 1. The number of hydrogen-bond acceptors (Lipinski definition) is 2. The van der Waals surface area contributed by atoms with E-state index in [0.29, 0.717) is 11.5 Å². The van der Waals surface area contributed by atoms with Gasteiger partial charge >= 0.3 is 0 Å². The number of carbonyl (C=O) groups excluding carboxylic acids is 1. The van der Waals surface area contributed by atoms with Crippen molar-refractivity contribution in [1.29, 1.82) is 0 Å². The normalized spacial score (nSPS) is 15.7. The Bertz CT molecular complexity index is 641. The molecule has 0 atom stereocenters. The maximum Gasteiger partial charge on any atom is 0.255 e. The summed E-state index contributed by atoms with van der Waals surface area (Å²) in [6.07, 6.45) is 8.01. The fourth-order valence-electron chi connectivity index (χ4n) is 3.20. The van der Waals surface area contributed by atoms with Gasteiger partial charge in [-0.3, -0.25) is 9.89 Å². The molecule has 22 heavy (non-hydrogen) atoms. The fourth-order valence-corrected chi connectivity index (χ4v) is 3.20. The Morgan fingerprint density at radius 2 is 2.14 bits per heavy atom. The maximum absolute atomic E-state index is 12.5. The van der Waals surface area contributed by atoms with Crippen molar-refractivity contribution >= 4 is 5.91 Å². The summed E-state index contributed by atoms with van der Waals surface area (Å²) in [5.74, 6) is 0.600. The summed E-state index contributed by atoms with van der Waals surface area (Å²) < 4.78 is 0. The minimum absolute atomic E-state index is 0.0316. The average molecular weight is 297 g/mol. The Morgan fingerprint density at radius 1 is 1.32 bits per heavy atom. The quantitative estimate of drug-likeness (QED) is 0.904. The van der Waals surface area contributed by atoms with Gasteiger partial charge in [0.15, 0.2) is 0 Å². The first kappa shape index (κ1) is 14.8. The molecule has 0 bridgehead atoms. The highest BCUT2D eigenvalue weighted by Gasteiger charge is 2.18. The molecule has 0 aliphatic heterocycles. The van der Waals surface area contributed by atoms with E-state index in [0.717, 1.165) is 17.8 Å². The molecule has 0 unspecified atom stereocenters. The van der Waals surface area contributed by atoms with Crippen LogP contribution >= 0.6 is 0 Å². The summed E-state index contributed by atoms with van der Waals surface area (Å²) in [6.45, 7) is 2.82. The Kier molecular flexibility index (Phi) is 4.56. The minimum atomic E-state index is -0.0316. The number of nitrogens with one attached hydrogen (secondary N) is 2. The van der Waals surface area contributed by atoms with Crippen molar-refractivity contribution in [1.82, 2.24) is 15.5 Å². The van der Waals surface area contributed by atoms with Gasteiger partial charge in [-0.2, -0.15) is 5.10 Å². The van der Waals surface area contributed by atoms with Gasteiger partial charge < -0.3 is 5.32 Å². The van der Waals surface area contributed by atoms with Crippen LogP contribution in [0.1, 0.15) is 48.0 Å². The molecule has 2 aromatic rings. The van der Waals surface area contributed by atoms with Gasteiger partial charge in [0.25, 0.3) is 5.91 Å². The molecule has 1 heterocycles. The zero-order chi connectivity index (χ0) is 15.4. The van der Waals surface area contributed by atoms with Crippen LogP contribution in [0.2, 0.25) is 0 Å². The number of H-pyrrole nitrogens is 1. The molecule has 1 fully saturated rings. The molecule has 1 aliphatic rings. The van der Waals surface area contributed by atoms with Gasteiger partial charge in [-0.25, -0.2) is 0 Å². The topological polar surface area (TPSA) is 57.8 Å². The lowest BCUT2D eigenvalue weighted by atomic mass is 9.89. The predicted molar refractivity (Wildman–Crippen MR) is 87.7 cm³/mol. The van der Waals surface area contributed by atoms with Crippen LogP contribution in [0.15, 0.2) is 30.5 Å². The predicted octanol–water partition coefficient (Wildman–Crippen LogP) is 3.70. The average Bonchev–Trinajstić information content (AvgIpc) is 3.03. The lowest BCUT2D eigenvalue weighted by molar-refractivity contribution is 0.0944. The zero-order valence-electron chi connectivity index (χ0n) is 13.1. The summed E-state index contributed by atoms with van der Waals surface area (Å²) in [4.78, 5) is 12.5. The molecule has 4 heteroatoms. The molecule has 1 amide bonds. The molecule has 116 valence electrons. The van der Waals surface area contributed by atoms with Crippen LogP contribution in [0.4, 0.5) is 0 Å². The second-order valence-electron chi connectivity index (χ2n) is 6.24. The monoisotopic (exact) mass is 297 g/mol. The summed E-state index contributed by atoms with van der Waals surface area (Å²) in [5, 5.41) is 10.1. The van der Waals surface area contributed by atoms with Crippen molar-refractivity contribution in [3.63, 3.8) is 0 Å². The number of benzene rings is 1. The first-order chi connectivity index (χ1) is 10.7. The summed E-state index contributed by atoms with van der Waals surface area (Å²) in [6, 6.07) is 8.10. The number of hydrogen-bond donors (Lipinski definition) is 2. The van der Waals surface area contributed by atoms with Crippen molar-refractivity contribution in [2.45, 2.75) is 39.0 Å². The van der Waals surface area contributed by atoms with Crippen molar-refractivity contribution < 1.29 is 4.79 Å². The molecule has 1 aromatic heterocycles. The summed E-state index contributed by atoms with van der Waals surface area (Å²) in [7, 11) is 0. The lowest BCUT2D eigenvalue weighted by Gasteiger charge is -2.21. The van der Waals surface area contributed by atoms with Gasteiger partial charge in [0.05, 0.1) is 17.5 Å². The molecule has 1 saturated carbocycles. The third-order valence-electron chi connectivity index (χ3n) is 4.47. The Morgan fingerprint density at radius 3 is 2.91 bits per heavy atom. The van der Waals surface area contributed by atoms with E-state index in [9.17, 15) is 4.79 Å². The Hall–Kier alpha value is -2.10. The molecule has 1 aromatic carbocycles. The van der Waals surface area contributed by atoms with Crippen molar-refractivity contribution in [3.05, 3.63) is 41.6 Å². The number of aromatic amines is 1. The van der Waals surface area contributed by atoms with Gasteiger partial charge in [0.1, 0.15) is 0 Å². The first-order valence-electron chi connectivity index (χ1n) is 8.12. The highest BCUT2D eigenvalue weighted by atomic mass is 16.1. The van der Waals surface area contributed by atoms with E-state index in [1.54, 1.807) is 6.20 Å². The number of aromatic nitrogens is 2. The van der Waals surface area contributed by atoms with Crippen molar-refractivity contribution in [2.24, 2.45) is 5.92 Å². The summed E-state index contributed by atoms with van der Waals surface area (Å²) in [5.41, 5.74) is 3.59. The van der Waals surface area contributed by atoms with E-state index in [1.165, 1.54) is 37.7 Å². The maximum atomic E-state index is 12.5. The van der Waals surface area contributed by atoms with Gasteiger partial charge in [-0.1, -0.05) is 43.0 Å². The highest BCUT2D eigenvalue weighted by molar-refractivity contribution is 5.99. The molecular weight excluding hydrogens is 274 g/mol. The molecule has 3 rings (SSSR count). The Labute approximate surface area is 131 Å². The van der Waals surface area contributed by atoms with Gasteiger partial charge in [-0.05, 0) is 31.7 Å². The SMILES string of the molecule is Cc1cccc(-c2[nH]ncc2C(=O)NCC2CCCCC2)c1. The van der Waals surface area contributed by atoms with Gasteiger partial charge in [-0.15, -0.1) is 0 Å². The molecule has 0 spiro atoms. The van der Waals surface area contributed by atoms with Crippen LogP contribution in [0.25, 0.3) is 11.3 Å². The van der Waals surface area contributed by atoms with Crippen molar-refractivity contribution in [2.75, 3.05) is 6.54 Å². The van der Waals surface area contributed by atoms with E-state index in [2.05, 4.69) is 21.6 Å². The van der Waals surface area contributed by atoms with E-state index < -0.39 is 0 Å². The van der Waals surface area contributed by atoms with Crippen LogP contribution in [-0.4, -0.2) is 22.6 Å². The number of nitrogens with zero attached hydrogens (tertiary/aromatic N) is 1. The van der Waals surface area contributed by atoms with Crippen LogP contribution < -0.4 is 5.32 Å². The van der Waals surface area contributed by atoms with Crippen LogP contribution in [0, 0.1) is 12.8 Å².